The molecule has 0 amide bonds. The number of benzene rings is 1. The van der Waals surface area contributed by atoms with Gasteiger partial charge in [0, 0.05) is 18.9 Å². The van der Waals surface area contributed by atoms with Gasteiger partial charge in [-0.3, -0.25) is 0 Å². The fraction of sp³-hybridized carbons (Fsp3) is 0.417. The molecule has 3 nitrogen and oxygen atoms in total. The lowest BCUT2D eigenvalue weighted by Gasteiger charge is -2.14. The summed E-state index contributed by atoms with van der Waals surface area (Å²) in [5, 5.41) is 0. The Morgan fingerprint density at radius 1 is 1.13 bits per heavy atom. The smallest absolute Gasteiger partial charge is 0.178 e. The van der Waals surface area contributed by atoms with Gasteiger partial charge >= 0.3 is 0 Å². The Labute approximate surface area is 89.7 Å². The molecule has 15 heavy (non-hydrogen) atoms. The van der Waals surface area contributed by atoms with Crippen LogP contribution in [-0.4, -0.2) is 26.5 Å². The summed E-state index contributed by atoms with van der Waals surface area (Å²) in [6.07, 6.45) is 1.03. The van der Waals surface area contributed by atoms with Crippen LogP contribution in [0.4, 0.5) is 0 Å². The summed E-state index contributed by atoms with van der Waals surface area (Å²) in [4.78, 5) is 3.35. The summed E-state index contributed by atoms with van der Waals surface area (Å²) in [6.45, 7) is 3.08. The van der Waals surface area contributed by atoms with Crippen molar-refractivity contribution in [2.45, 2.75) is 13.3 Å². The molecule has 80 valence electrons. The maximum atomic E-state index is 5.28. The van der Waals surface area contributed by atoms with Crippen molar-refractivity contribution in [1.29, 1.82) is 0 Å². The highest BCUT2D eigenvalue weighted by atomic mass is 16.5. The Kier molecular flexibility index (Phi) is 2.62. The van der Waals surface area contributed by atoms with Crippen LogP contribution in [-0.2, 0) is 6.42 Å². The Morgan fingerprint density at radius 3 is 2.47 bits per heavy atom. The summed E-state index contributed by atoms with van der Waals surface area (Å²) in [7, 11) is 3.33. The topological polar surface area (TPSA) is 32.4 Å². The second-order valence-corrected chi connectivity index (χ2v) is 3.67. The van der Waals surface area contributed by atoms with E-state index in [4.69, 9.17) is 9.47 Å². The summed E-state index contributed by atoms with van der Waals surface area (Å²) < 4.78 is 10.6. The summed E-state index contributed by atoms with van der Waals surface area (Å²) in [5.74, 6) is 1.60. The molecular formula is C12H16NO2+. The van der Waals surface area contributed by atoms with Crippen LogP contribution in [0.5, 0.6) is 11.5 Å². The molecule has 0 bridgehead atoms. The van der Waals surface area contributed by atoms with Crippen LogP contribution in [0.2, 0.25) is 0 Å². The van der Waals surface area contributed by atoms with E-state index < -0.39 is 0 Å². The van der Waals surface area contributed by atoms with Gasteiger partial charge in [-0.2, -0.15) is 0 Å². The maximum absolute atomic E-state index is 5.28. The maximum Gasteiger partial charge on any atom is 0.178 e. The minimum atomic E-state index is 0.791. The van der Waals surface area contributed by atoms with Gasteiger partial charge in [-0.25, -0.2) is 4.99 Å². The average Bonchev–Trinajstić information content (AvgIpc) is 2.28. The zero-order valence-corrected chi connectivity index (χ0v) is 9.39. The van der Waals surface area contributed by atoms with E-state index in [9.17, 15) is 0 Å². The van der Waals surface area contributed by atoms with Crippen molar-refractivity contribution in [2.24, 2.45) is 0 Å². The lowest BCUT2D eigenvalue weighted by Crippen LogP contribution is -2.74. The summed E-state index contributed by atoms with van der Waals surface area (Å²) >= 11 is 0. The van der Waals surface area contributed by atoms with Crippen molar-refractivity contribution < 1.29 is 14.5 Å². The predicted molar refractivity (Wildman–Crippen MR) is 58.9 cm³/mol. The zero-order valence-electron chi connectivity index (χ0n) is 9.39. The van der Waals surface area contributed by atoms with Crippen LogP contribution in [0.3, 0.4) is 0 Å². The van der Waals surface area contributed by atoms with Gasteiger partial charge in [-0.1, -0.05) is 0 Å². The molecule has 1 heterocycles. The number of rotatable bonds is 2. The monoisotopic (exact) mass is 206 g/mol. The minimum Gasteiger partial charge on any atom is -0.493 e. The Morgan fingerprint density at radius 2 is 1.80 bits per heavy atom. The first kappa shape index (κ1) is 10.0. The molecular weight excluding hydrogens is 190 g/mol. The van der Waals surface area contributed by atoms with E-state index >= 15 is 0 Å². The van der Waals surface area contributed by atoms with Crippen LogP contribution < -0.4 is 14.5 Å². The minimum absolute atomic E-state index is 0.791. The molecule has 3 heteroatoms. The molecule has 0 atom stereocenters. The average molecular weight is 206 g/mol. The van der Waals surface area contributed by atoms with E-state index in [1.54, 1.807) is 14.2 Å². The highest BCUT2D eigenvalue weighted by Gasteiger charge is 2.19. The number of hydrogen-bond donors (Lipinski definition) is 1. The number of hydrogen-bond acceptors (Lipinski definition) is 2. The molecule has 2 rings (SSSR count). The molecule has 0 saturated heterocycles. The number of fused-ring (bicyclic) bond motifs is 1. The number of ether oxygens (including phenoxy) is 2. The molecule has 0 saturated carbocycles. The first-order valence-corrected chi connectivity index (χ1v) is 5.09. The highest BCUT2D eigenvalue weighted by molar-refractivity contribution is 5.96. The van der Waals surface area contributed by atoms with Crippen molar-refractivity contribution >= 4 is 5.71 Å². The fourth-order valence-electron chi connectivity index (χ4n) is 1.96. The van der Waals surface area contributed by atoms with E-state index in [2.05, 4.69) is 18.0 Å². The third-order valence-corrected chi connectivity index (χ3v) is 2.80. The van der Waals surface area contributed by atoms with Crippen LogP contribution in [0.1, 0.15) is 18.1 Å². The Bertz CT molecular complexity index is 410. The van der Waals surface area contributed by atoms with Crippen molar-refractivity contribution in [1.82, 2.24) is 0 Å². The molecule has 1 aliphatic heterocycles. The van der Waals surface area contributed by atoms with Crippen LogP contribution in [0, 0.1) is 0 Å². The van der Waals surface area contributed by atoms with E-state index in [0.29, 0.717) is 0 Å². The van der Waals surface area contributed by atoms with E-state index in [1.165, 1.54) is 16.8 Å². The normalized spacial score (nSPS) is 14.2. The van der Waals surface area contributed by atoms with Gasteiger partial charge in [-0.15, -0.1) is 0 Å². The number of nitrogens with one attached hydrogen (secondary N) is 1. The first-order chi connectivity index (χ1) is 7.26. The van der Waals surface area contributed by atoms with E-state index in [0.717, 1.165) is 24.5 Å². The highest BCUT2D eigenvalue weighted by Crippen LogP contribution is 2.31. The largest absolute Gasteiger partial charge is 0.493 e. The van der Waals surface area contributed by atoms with Crippen molar-refractivity contribution in [3.63, 3.8) is 0 Å². The second kappa shape index (κ2) is 3.93. The Hall–Kier alpha value is -1.51. The van der Waals surface area contributed by atoms with Gasteiger partial charge in [0.1, 0.15) is 6.54 Å². The molecule has 1 aromatic rings. The first-order valence-electron chi connectivity index (χ1n) is 5.09. The van der Waals surface area contributed by atoms with Gasteiger partial charge in [0.2, 0.25) is 0 Å². The molecule has 1 aromatic carbocycles. The van der Waals surface area contributed by atoms with Crippen LogP contribution in [0.25, 0.3) is 0 Å². The molecule has 0 aliphatic carbocycles. The van der Waals surface area contributed by atoms with Crippen molar-refractivity contribution in [3.8, 4) is 11.5 Å². The summed E-state index contributed by atoms with van der Waals surface area (Å²) in [5.41, 5.74) is 3.76. The third-order valence-electron chi connectivity index (χ3n) is 2.80. The molecule has 1 N–H and O–H groups in total. The van der Waals surface area contributed by atoms with Crippen molar-refractivity contribution in [3.05, 3.63) is 23.3 Å². The molecule has 1 aliphatic rings. The standard InChI is InChI=1S/C12H15NO2/c1-8-10-7-12(15-3)11(14-2)6-9(10)4-5-13-8/h6-7H,4-5H2,1-3H3/p+1. The van der Waals surface area contributed by atoms with Gasteiger partial charge in [-0.05, 0) is 17.7 Å². The quantitative estimate of drug-likeness (QED) is 0.747. The Balaban J connectivity index is 2.55. The zero-order chi connectivity index (χ0) is 10.8. The van der Waals surface area contributed by atoms with E-state index in [-0.39, 0.29) is 0 Å². The predicted octanol–water partition coefficient (Wildman–Crippen LogP) is 0.150. The summed E-state index contributed by atoms with van der Waals surface area (Å²) in [6, 6.07) is 4.11. The lowest BCUT2D eigenvalue weighted by atomic mass is 9.97. The molecule has 0 spiro atoms. The molecule has 0 unspecified atom stereocenters. The third kappa shape index (κ3) is 1.69. The molecule has 0 radical (unpaired) electrons. The van der Waals surface area contributed by atoms with Crippen LogP contribution in [0.15, 0.2) is 12.1 Å². The number of methoxy groups -OCH3 is 2. The molecule has 0 fully saturated rings. The van der Waals surface area contributed by atoms with Gasteiger partial charge < -0.3 is 9.47 Å². The molecule has 0 aromatic heterocycles. The van der Waals surface area contributed by atoms with Gasteiger partial charge in [0.05, 0.1) is 14.2 Å². The van der Waals surface area contributed by atoms with Crippen molar-refractivity contribution in [2.75, 3.05) is 20.8 Å². The van der Waals surface area contributed by atoms with E-state index in [1.807, 2.05) is 6.07 Å². The van der Waals surface area contributed by atoms with Gasteiger partial charge in [0.25, 0.3) is 0 Å². The SMILES string of the molecule is COc1cc2c(cc1OC)C(C)=[NH+]CC2. The fourth-order valence-corrected chi connectivity index (χ4v) is 1.96. The second-order valence-electron chi connectivity index (χ2n) is 3.67. The van der Waals surface area contributed by atoms with Crippen LogP contribution >= 0.6 is 0 Å². The lowest BCUT2D eigenvalue weighted by molar-refractivity contribution is -0.458. The van der Waals surface area contributed by atoms with Gasteiger partial charge in [0.15, 0.2) is 17.2 Å².